The Morgan fingerprint density at radius 3 is 2.87 bits per heavy atom. The van der Waals surface area contributed by atoms with Crippen molar-refractivity contribution < 1.29 is 18.3 Å². The lowest BCUT2D eigenvalue weighted by Crippen LogP contribution is -2.23. The number of hydrogen-bond acceptors (Lipinski definition) is 3. The Hall–Kier alpha value is -2.44. The molecule has 1 amide bonds. The number of nitrogens with zero attached hydrogens (tertiary/aromatic N) is 1. The second-order valence-corrected chi connectivity index (χ2v) is 5.93. The molecule has 1 aliphatic heterocycles. The maximum absolute atomic E-state index is 12.4. The molecule has 4 rings (SSSR count). The SMILES string of the molecule is O=C1CC(c2cccc(OC(F)F)c2)c2c(n[nH]c2C2CC2)N1. The number of fused-ring (bicyclic) bond motifs is 1. The molecule has 2 aliphatic rings. The van der Waals surface area contributed by atoms with Crippen LogP contribution in [0.1, 0.15) is 47.9 Å². The summed E-state index contributed by atoms with van der Waals surface area (Å²) < 4.78 is 29.3. The van der Waals surface area contributed by atoms with Crippen LogP contribution in [0.25, 0.3) is 0 Å². The number of nitrogens with one attached hydrogen (secondary N) is 2. The highest BCUT2D eigenvalue weighted by molar-refractivity contribution is 5.94. The number of hydrogen-bond donors (Lipinski definition) is 2. The van der Waals surface area contributed by atoms with Crippen LogP contribution in [0.2, 0.25) is 0 Å². The summed E-state index contributed by atoms with van der Waals surface area (Å²) in [5.74, 6) is 0.768. The molecule has 1 saturated carbocycles. The third kappa shape index (κ3) is 2.67. The second-order valence-electron chi connectivity index (χ2n) is 5.93. The first-order valence-corrected chi connectivity index (χ1v) is 7.54. The van der Waals surface area contributed by atoms with Crippen LogP contribution in [0.15, 0.2) is 24.3 Å². The number of carbonyl (C=O) groups is 1. The van der Waals surface area contributed by atoms with E-state index >= 15 is 0 Å². The van der Waals surface area contributed by atoms with Gasteiger partial charge in [0.2, 0.25) is 5.91 Å². The average Bonchev–Trinajstić information content (AvgIpc) is 3.26. The molecule has 5 nitrogen and oxygen atoms in total. The molecule has 1 fully saturated rings. The Balaban J connectivity index is 1.74. The number of rotatable bonds is 4. The van der Waals surface area contributed by atoms with Crippen molar-refractivity contribution in [1.82, 2.24) is 10.2 Å². The van der Waals surface area contributed by atoms with Gasteiger partial charge in [0, 0.05) is 29.5 Å². The smallest absolute Gasteiger partial charge is 0.387 e. The van der Waals surface area contributed by atoms with E-state index < -0.39 is 6.61 Å². The van der Waals surface area contributed by atoms with Crippen molar-refractivity contribution in [2.75, 3.05) is 5.32 Å². The van der Waals surface area contributed by atoms with E-state index in [9.17, 15) is 13.6 Å². The first-order valence-electron chi connectivity index (χ1n) is 7.54. The minimum atomic E-state index is -2.87. The highest BCUT2D eigenvalue weighted by Gasteiger charge is 2.37. The van der Waals surface area contributed by atoms with Crippen LogP contribution in [0.5, 0.6) is 5.75 Å². The van der Waals surface area contributed by atoms with E-state index in [0.29, 0.717) is 11.7 Å². The van der Waals surface area contributed by atoms with Crippen LogP contribution >= 0.6 is 0 Å². The minimum absolute atomic E-state index is 0.0986. The van der Waals surface area contributed by atoms with Gasteiger partial charge in [0.05, 0.1) is 0 Å². The molecule has 2 N–H and O–H groups in total. The number of aromatic nitrogens is 2. The van der Waals surface area contributed by atoms with E-state index in [1.807, 2.05) is 6.07 Å². The summed E-state index contributed by atoms with van der Waals surface area (Å²) in [7, 11) is 0. The fourth-order valence-electron chi connectivity index (χ4n) is 3.16. The maximum Gasteiger partial charge on any atom is 0.387 e. The monoisotopic (exact) mass is 319 g/mol. The minimum Gasteiger partial charge on any atom is -0.435 e. The van der Waals surface area contributed by atoms with Crippen LogP contribution in [-0.2, 0) is 4.79 Å². The summed E-state index contributed by atoms with van der Waals surface area (Å²) in [5, 5.41) is 10.0. The van der Waals surface area contributed by atoms with Gasteiger partial charge in [-0.1, -0.05) is 12.1 Å². The fourth-order valence-corrected chi connectivity index (χ4v) is 3.16. The molecule has 1 aliphatic carbocycles. The largest absolute Gasteiger partial charge is 0.435 e. The van der Waals surface area contributed by atoms with Gasteiger partial charge in [-0.2, -0.15) is 13.9 Å². The highest BCUT2D eigenvalue weighted by atomic mass is 19.3. The summed E-state index contributed by atoms with van der Waals surface area (Å²) in [6, 6.07) is 6.55. The van der Waals surface area contributed by atoms with Crippen molar-refractivity contribution in [3.63, 3.8) is 0 Å². The maximum atomic E-state index is 12.4. The molecule has 1 atom stereocenters. The predicted molar refractivity (Wildman–Crippen MR) is 78.7 cm³/mol. The topological polar surface area (TPSA) is 67.0 Å². The van der Waals surface area contributed by atoms with Gasteiger partial charge < -0.3 is 10.1 Å². The zero-order valence-corrected chi connectivity index (χ0v) is 12.2. The standard InChI is InChI=1S/C16H15F2N3O2/c17-16(18)23-10-3-1-2-9(6-10)11-7-12(22)19-15-13(11)14(20-21-15)8-4-5-8/h1-3,6,8,11,16H,4-5,7H2,(H2,19,20,21,22). The van der Waals surface area contributed by atoms with E-state index in [1.54, 1.807) is 12.1 Å². The molecule has 2 heterocycles. The van der Waals surface area contributed by atoms with Gasteiger partial charge in [-0.3, -0.25) is 9.89 Å². The molecule has 1 aromatic carbocycles. The van der Waals surface area contributed by atoms with Crippen molar-refractivity contribution in [2.24, 2.45) is 0 Å². The molecule has 0 radical (unpaired) electrons. The van der Waals surface area contributed by atoms with Crippen LogP contribution in [0, 0.1) is 0 Å². The quantitative estimate of drug-likeness (QED) is 0.908. The van der Waals surface area contributed by atoms with Gasteiger partial charge in [-0.05, 0) is 30.5 Å². The van der Waals surface area contributed by atoms with Crippen LogP contribution in [-0.4, -0.2) is 22.7 Å². The number of alkyl halides is 2. The Morgan fingerprint density at radius 1 is 1.30 bits per heavy atom. The Labute approximate surface area is 131 Å². The molecule has 0 spiro atoms. The van der Waals surface area contributed by atoms with Crippen molar-refractivity contribution in [3.8, 4) is 5.75 Å². The summed E-state index contributed by atoms with van der Waals surface area (Å²) in [6.07, 6.45) is 2.47. The Morgan fingerprint density at radius 2 is 2.13 bits per heavy atom. The zero-order chi connectivity index (χ0) is 16.0. The van der Waals surface area contributed by atoms with E-state index in [4.69, 9.17) is 0 Å². The van der Waals surface area contributed by atoms with E-state index in [2.05, 4.69) is 20.3 Å². The lowest BCUT2D eigenvalue weighted by atomic mass is 9.85. The Kier molecular flexibility index (Phi) is 3.28. The van der Waals surface area contributed by atoms with E-state index in [1.165, 1.54) is 6.07 Å². The molecule has 23 heavy (non-hydrogen) atoms. The number of ether oxygens (including phenoxy) is 1. The first-order chi connectivity index (χ1) is 11.1. The number of H-pyrrole nitrogens is 1. The second kappa shape index (κ2) is 5.33. The van der Waals surface area contributed by atoms with Crippen molar-refractivity contribution in [1.29, 1.82) is 0 Å². The predicted octanol–water partition coefficient (Wildman–Crippen LogP) is 3.36. The number of amides is 1. The third-order valence-electron chi connectivity index (χ3n) is 4.30. The third-order valence-corrected chi connectivity index (χ3v) is 4.30. The molecule has 2 aromatic rings. The molecular formula is C16H15F2N3O2. The van der Waals surface area contributed by atoms with Gasteiger partial charge in [0.15, 0.2) is 5.82 Å². The summed E-state index contributed by atoms with van der Waals surface area (Å²) in [6.45, 7) is -2.87. The van der Waals surface area contributed by atoms with Gasteiger partial charge in [-0.25, -0.2) is 0 Å². The fraction of sp³-hybridized carbons (Fsp3) is 0.375. The van der Waals surface area contributed by atoms with Crippen molar-refractivity contribution in [3.05, 3.63) is 41.1 Å². The molecule has 120 valence electrons. The van der Waals surface area contributed by atoms with E-state index in [-0.39, 0.29) is 24.0 Å². The molecule has 1 aromatic heterocycles. The normalized spacial score (nSPS) is 20.3. The van der Waals surface area contributed by atoms with Crippen molar-refractivity contribution in [2.45, 2.75) is 37.7 Å². The molecule has 0 bridgehead atoms. The van der Waals surface area contributed by atoms with E-state index in [0.717, 1.165) is 29.7 Å². The molecular weight excluding hydrogens is 304 g/mol. The lowest BCUT2D eigenvalue weighted by molar-refractivity contribution is -0.116. The zero-order valence-electron chi connectivity index (χ0n) is 12.2. The molecule has 1 unspecified atom stereocenters. The molecule has 7 heteroatoms. The van der Waals surface area contributed by atoms with Gasteiger partial charge >= 0.3 is 6.61 Å². The number of aromatic amines is 1. The summed E-state index contributed by atoms with van der Waals surface area (Å²) in [5.41, 5.74) is 2.80. The number of anilines is 1. The summed E-state index contributed by atoms with van der Waals surface area (Å²) in [4.78, 5) is 12.0. The Bertz CT molecular complexity index is 756. The average molecular weight is 319 g/mol. The van der Waals surface area contributed by atoms with Crippen LogP contribution in [0.4, 0.5) is 14.6 Å². The number of benzene rings is 1. The van der Waals surface area contributed by atoms with Crippen LogP contribution in [0.3, 0.4) is 0 Å². The summed E-state index contributed by atoms with van der Waals surface area (Å²) >= 11 is 0. The van der Waals surface area contributed by atoms with Crippen LogP contribution < -0.4 is 10.1 Å². The van der Waals surface area contributed by atoms with Gasteiger partial charge in [-0.15, -0.1) is 0 Å². The number of halogens is 2. The highest BCUT2D eigenvalue weighted by Crippen LogP contribution is 2.47. The van der Waals surface area contributed by atoms with Gasteiger partial charge in [0.25, 0.3) is 0 Å². The van der Waals surface area contributed by atoms with Gasteiger partial charge in [0.1, 0.15) is 5.75 Å². The first kappa shape index (κ1) is 14.2. The van der Waals surface area contributed by atoms with Crippen molar-refractivity contribution >= 4 is 11.7 Å². The lowest BCUT2D eigenvalue weighted by Gasteiger charge is -2.24. The number of carbonyl (C=O) groups excluding carboxylic acids is 1. The molecule has 0 saturated heterocycles.